The summed E-state index contributed by atoms with van der Waals surface area (Å²) in [7, 11) is 0. The van der Waals surface area contributed by atoms with Crippen LogP contribution < -0.4 is 10.6 Å². The molecule has 8 heteroatoms. The molecule has 4 rings (SSSR count). The second-order valence-corrected chi connectivity index (χ2v) is 7.06. The molecule has 2 aliphatic heterocycles. The number of nitrogens with zero attached hydrogens (tertiary/aromatic N) is 5. The number of hydrazone groups is 1. The zero-order valence-corrected chi connectivity index (χ0v) is 13.6. The largest absolute Gasteiger partial charge is 0.381 e. The monoisotopic (exact) mass is 332 g/mol. The van der Waals surface area contributed by atoms with Gasteiger partial charge in [0.15, 0.2) is 11.6 Å². The molecule has 0 unspecified atom stereocenters. The molecule has 0 aromatic carbocycles. The quantitative estimate of drug-likeness (QED) is 0.881. The third kappa shape index (κ3) is 2.50. The van der Waals surface area contributed by atoms with Gasteiger partial charge in [0.1, 0.15) is 0 Å². The van der Waals surface area contributed by atoms with Crippen molar-refractivity contribution in [2.45, 2.75) is 32.2 Å². The topological polar surface area (TPSA) is 87.7 Å². The zero-order valence-electron chi connectivity index (χ0n) is 13.6. The van der Waals surface area contributed by atoms with E-state index in [4.69, 9.17) is 5.73 Å². The van der Waals surface area contributed by atoms with Crippen LogP contribution >= 0.6 is 0 Å². The van der Waals surface area contributed by atoms with Gasteiger partial charge >= 0.3 is 0 Å². The average Bonchev–Trinajstić information content (AvgIpc) is 3.23. The first-order valence-corrected chi connectivity index (χ1v) is 8.41. The Morgan fingerprint density at radius 2 is 2.04 bits per heavy atom. The fourth-order valence-corrected chi connectivity index (χ4v) is 4.15. The molecule has 3 aliphatic rings. The highest BCUT2D eigenvalue weighted by Crippen LogP contribution is 2.43. The summed E-state index contributed by atoms with van der Waals surface area (Å²) < 4.78 is 13.2. The molecule has 1 saturated heterocycles. The van der Waals surface area contributed by atoms with Gasteiger partial charge in [0.05, 0.1) is 12.2 Å². The number of anilines is 2. The van der Waals surface area contributed by atoms with Crippen molar-refractivity contribution >= 4 is 23.9 Å². The summed E-state index contributed by atoms with van der Waals surface area (Å²) in [5, 5.41) is 5.86. The standard InChI is InChI=1S/C16H21FN6O/c1-9-2-3-20-23(9)15(24)10-4-11-7-22(8-12(11)5-10)16-19-6-13(17)14(18)21-16/h3,6,9-12H,2,4-5,7-8H2,1H3,(H2,18,19,21)/t9-,10-,11+,12-/m0/s1. The molecule has 1 aliphatic carbocycles. The molecule has 3 heterocycles. The van der Waals surface area contributed by atoms with Gasteiger partial charge in [-0.3, -0.25) is 4.79 Å². The number of nitrogens with two attached hydrogens (primary N) is 1. The number of fused-ring (bicyclic) bond motifs is 1. The number of carbonyl (C=O) groups is 1. The van der Waals surface area contributed by atoms with E-state index in [1.54, 1.807) is 5.01 Å². The molecular weight excluding hydrogens is 311 g/mol. The average molecular weight is 332 g/mol. The summed E-state index contributed by atoms with van der Waals surface area (Å²) in [6.07, 6.45) is 5.51. The third-order valence-corrected chi connectivity index (χ3v) is 5.44. The van der Waals surface area contributed by atoms with Gasteiger partial charge in [-0.2, -0.15) is 10.1 Å². The van der Waals surface area contributed by atoms with Crippen molar-refractivity contribution in [2.75, 3.05) is 23.7 Å². The number of rotatable bonds is 2. The van der Waals surface area contributed by atoms with Crippen LogP contribution in [0, 0.1) is 23.6 Å². The lowest BCUT2D eigenvalue weighted by Gasteiger charge is -2.23. The molecule has 1 aromatic heterocycles. The Kier molecular flexibility index (Phi) is 3.62. The van der Waals surface area contributed by atoms with Gasteiger partial charge in [0.2, 0.25) is 11.9 Å². The summed E-state index contributed by atoms with van der Waals surface area (Å²) in [6.45, 7) is 3.61. The van der Waals surface area contributed by atoms with Crippen molar-refractivity contribution < 1.29 is 9.18 Å². The molecule has 1 aromatic rings. The first-order chi connectivity index (χ1) is 11.5. The van der Waals surface area contributed by atoms with Crippen molar-refractivity contribution in [1.29, 1.82) is 0 Å². The minimum atomic E-state index is -0.593. The second-order valence-electron chi connectivity index (χ2n) is 7.06. The normalized spacial score (nSPS) is 31.8. The Morgan fingerprint density at radius 3 is 2.62 bits per heavy atom. The maximum atomic E-state index is 13.2. The summed E-state index contributed by atoms with van der Waals surface area (Å²) in [5.41, 5.74) is 5.53. The molecule has 24 heavy (non-hydrogen) atoms. The van der Waals surface area contributed by atoms with E-state index in [1.807, 2.05) is 18.0 Å². The number of aromatic nitrogens is 2. The second kappa shape index (κ2) is 5.68. The van der Waals surface area contributed by atoms with E-state index in [-0.39, 0.29) is 23.7 Å². The zero-order chi connectivity index (χ0) is 16.8. The van der Waals surface area contributed by atoms with Crippen LogP contribution in [-0.4, -0.2) is 46.2 Å². The third-order valence-electron chi connectivity index (χ3n) is 5.44. The number of hydrogen-bond acceptors (Lipinski definition) is 6. The number of nitrogen functional groups attached to an aromatic ring is 1. The van der Waals surface area contributed by atoms with Crippen LogP contribution in [-0.2, 0) is 4.79 Å². The van der Waals surface area contributed by atoms with Gasteiger partial charge in [0.25, 0.3) is 0 Å². The summed E-state index contributed by atoms with van der Waals surface area (Å²) in [5.74, 6) is 0.851. The predicted molar refractivity (Wildman–Crippen MR) is 87.7 cm³/mol. The lowest BCUT2D eigenvalue weighted by atomic mass is 10.0. The highest BCUT2D eigenvalue weighted by Gasteiger charge is 2.45. The van der Waals surface area contributed by atoms with Crippen LogP contribution in [0.3, 0.4) is 0 Å². The maximum Gasteiger partial charge on any atom is 0.246 e. The van der Waals surface area contributed by atoms with E-state index < -0.39 is 5.82 Å². The van der Waals surface area contributed by atoms with Gasteiger partial charge in [-0.05, 0) is 31.6 Å². The molecular formula is C16H21FN6O. The fourth-order valence-electron chi connectivity index (χ4n) is 4.15. The lowest BCUT2D eigenvalue weighted by Crippen LogP contribution is -2.35. The number of carbonyl (C=O) groups excluding carboxylic acids is 1. The van der Waals surface area contributed by atoms with Gasteiger partial charge in [-0.25, -0.2) is 14.4 Å². The Balaban J connectivity index is 1.40. The van der Waals surface area contributed by atoms with Crippen LogP contribution in [0.2, 0.25) is 0 Å². The summed E-state index contributed by atoms with van der Waals surface area (Å²) in [4.78, 5) is 22.8. The maximum absolute atomic E-state index is 13.2. The van der Waals surface area contributed by atoms with Gasteiger partial charge in [-0.15, -0.1) is 0 Å². The van der Waals surface area contributed by atoms with Crippen LogP contribution in [0.5, 0.6) is 0 Å². The van der Waals surface area contributed by atoms with Crippen molar-refractivity contribution in [3.8, 4) is 0 Å². The Bertz CT molecular complexity index is 681. The van der Waals surface area contributed by atoms with Crippen molar-refractivity contribution in [3.63, 3.8) is 0 Å². The van der Waals surface area contributed by atoms with Crippen LogP contribution in [0.4, 0.5) is 16.2 Å². The smallest absolute Gasteiger partial charge is 0.246 e. The van der Waals surface area contributed by atoms with Crippen LogP contribution in [0.1, 0.15) is 26.2 Å². The Morgan fingerprint density at radius 1 is 1.33 bits per heavy atom. The molecule has 7 nitrogen and oxygen atoms in total. The molecule has 128 valence electrons. The molecule has 1 amide bonds. The van der Waals surface area contributed by atoms with E-state index in [2.05, 4.69) is 15.1 Å². The molecule has 1 saturated carbocycles. The SMILES string of the molecule is C[C@H]1CC=NN1C(=O)[C@H]1C[C@@H]2CN(c3ncc(F)c(N)n3)C[C@@H]2C1. The lowest BCUT2D eigenvalue weighted by molar-refractivity contribution is -0.136. The van der Waals surface area contributed by atoms with Crippen LogP contribution in [0.25, 0.3) is 0 Å². The molecule has 2 fully saturated rings. The van der Waals surface area contributed by atoms with Gasteiger partial charge < -0.3 is 10.6 Å². The first kappa shape index (κ1) is 15.3. The minimum absolute atomic E-state index is 0.0547. The van der Waals surface area contributed by atoms with Crippen LogP contribution in [0.15, 0.2) is 11.3 Å². The van der Waals surface area contributed by atoms with Crippen molar-refractivity contribution in [2.24, 2.45) is 22.9 Å². The van der Waals surface area contributed by atoms with Gasteiger partial charge in [0, 0.05) is 31.6 Å². The summed E-state index contributed by atoms with van der Waals surface area (Å²) in [6, 6.07) is 0.171. The Hall–Kier alpha value is -2.25. The van der Waals surface area contributed by atoms with E-state index in [1.165, 1.54) is 0 Å². The highest BCUT2D eigenvalue weighted by molar-refractivity contribution is 5.82. The van der Waals surface area contributed by atoms with E-state index in [9.17, 15) is 9.18 Å². The van der Waals surface area contributed by atoms with Gasteiger partial charge in [-0.1, -0.05) is 0 Å². The molecule has 4 atom stereocenters. The minimum Gasteiger partial charge on any atom is -0.381 e. The number of amides is 1. The van der Waals surface area contributed by atoms with E-state index in [0.29, 0.717) is 17.8 Å². The number of hydrogen-bond donors (Lipinski definition) is 1. The Labute approximate surface area is 139 Å². The first-order valence-electron chi connectivity index (χ1n) is 8.41. The van der Waals surface area contributed by atoms with Crippen molar-refractivity contribution in [1.82, 2.24) is 15.0 Å². The van der Waals surface area contributed by atoms with E-state index in [0.717, 1.165) is 38.5 Å². The highest BCUT2D eigenvalue weighted by atomic mass is 19.1. The number of halogens is 1. The molecule has 0 bridgehead atoms. The fraction of sp³-hybridized carbons (Fsp3) is 0.625. The molecule has 0 radical (unpaired) electrons. The molecule has 2 N–H and O–H groups in total. The predicted octanol–water partition coefficient (Wildman–Crippen LogP) is 1.27. The van der Waals surface area contributed by atoms with Crippen molar-refractivity contribution in [3.05, 3.63) is 12.0 Å². The van der Waals surface area contributed by atoms with E-state index >= 15 is 0 Å². The summed E-state index contributed by atoms with van der Waals surface area (Å²) >= 11 is 0. The molecule has 0 spiro atoms.